The number of amides is 1. The van der Waals surface area contributed by atoms with E-state index in [4.69, 9.17) is 10.00 Å². The van der Waals surface area contributed by atoms with E-state index in [1.54, 1.807) is 27.7 Å². The van der Waals surface area contributed by atoms with Crippen LogP contribution in [0.25, 0.3) is 0 Å². The van der Waals surface area contributed by atoms with Gasteiger partial charge in [0.1, 0.15) is 50.9 Å². The molecule has 0 unspecified atom stereocenters. The van der Waals surface area contributed by atoms with Crippen molar-refractivity contribution >= 4 is 27.8 Å². The number of guanidine groups is 1. The number of pyridine rings is 2. The number of hydrogen-bond donors (Lipinski definition) is 1. The zero-order valence-electron chi connectivity index (χ0n) is 23.7. The van der Waals surface area contributed by atoms with Crippen molar-refractivity contribution in [2.75, 3.05) is 19.3 Å². The molecule has 0 fully saturated rings. The highest BCUT2D eigenvalue weighted by Gasteiger charge is 2.44. The second kappa shape index (κ2) is 11.6. The third kappa shape index (κ3) is 7.78. The minimum absolute atomic E-state index is 0.0673. The predicted octanol–water partition coefficient (Wildman–Crippen LogP) is 4.21. The summed E-state index contributed by atoms with van der Waals surface area (Å²) in [6.07, 6.45) is -4.95. The average molecular weight is 612 g/mol. The van der Waals surface area contributed by atoms with E-state index < -0.39 is 68.9 Å². The Hall–Kier alpha value is -4.13. The van der Waals surface area contributed by atoms with E-state index in [0.29, 0.717) is 5.56 Å². The fourth-order valence-corrected chi connectivity index (χ4v) is 6.09. The molecule has 0 aromatic carbocycles. The highest BCUT2D eigenvalue weighted by molar-refractivity contribution is 7.92. The van der Waals surface area contributed by atoms with Crippen molar-refractivity contribution < 1.29 is 36.1 Å². The first-order valence-corrected chi connectivity index (χ1v) is 14.1. The number of alkyl halides is 3. The highest BCUT2D eigenvalue weighted by atomic mass is 32.2. The number of nitrogens with zero attached hydrogens (tertiary/aromatic N) is 6. The van der Waals surface area contributed by atoms with Crippen molar-refractivity contribution in [2.45, 2.75) is 58.4 Å². The Morgan fingerprint density at radius 3 is 2.52 bits per heavy atom. The molecule has 2 atom stereocenters. The lowest BCUT2D eigenvalue weighted by molar-refractivity contribution is -0.117. The summed E-state index contributed by atoms with van der Waals surface area (Å²) in [4.78, 5) is 38.0. The summed E-state index contributed by atoms with van der Waals surface area (Å²) in [6, 6.07) is 5.64. The number of ether oxygens (including phenoxy) is 1. The van der Waals surface area contributed by atoms with Gasteiger partial charge in [0.25, 0.3) is 0 Å². The van der Waals surface area contributed by atoms with Gasteiger partial charge in [-0.3, -0.25) is 24.4 Å². The summed E-state index contributed by atoms with van der Waals surface area (Å²) in [5, 5.41) is 11.3. The number of aryl methyl sites for hydroxylation is 1. The van der Waals surface area contributed by atoms with Gasteiger partial charge in [0, 0.05) is 18.9 Å². The fraction of sp³-hybridized carbons (Fsp3) is 0.462. The number of halogens is 4. The van der Waals surface area contributed by atoms with Gasteiger partial charge in [0.15, 0.2) is 5.78 Å². The Morgan fingerprint density at radius 1 is 1.29 bits per heavy atom. The molecule has 226 valence electrons. The molecule has 1 amide bonds. The Bertz CT molecular complexity index is 1600. The molecule has 0 spiro atoms. The van der Waals surface area contributed by atoms with Crippen LogP contribution in [0.2, 0.25) is 0 Å². The summed E-state index contributed by atoms with van der Waals surface area (Å²) < 4.78 is 77.7. The number of ketones is 1. The lowest BCUT2D eigenvalue weighted by atomic mass is 9.98. The molecule has 2 aromatic rings. The number of aliphatic imine (C=N–C) groups is 1. The summed E-state index contributed by atoms with van der Waals surface area (Å²) >= 11 is 0. The maximum absolute atomic E-state index is 15.3. The molecule has 3 heterocycles. The minimum Gasteiger partial charge on any atom is -0.444 e. The molecule has 42 heavy (non-hydrogen) atoms. The van der Waals surface area contributed by atoms with Crippen molar-refractivity contribution in [3.05, 3.63) is 58.4 Å². The van der Waals surface area contributed by atoms with Gasteiger partial charge in [-0.25, -0.2) is 22.7 Å². The van der Waals surface area contributed by atoms with Gasteiger partial charge in [0.05, 0.1) is 17.7 Å². The van der Waals surface area contributed by atoms with E-state index in [-0.39, 0.29) is 23.4 Å². The van der Waals surface area contributed by atoms with Gasteiger partial charge < -0.3 is 4.74 Å². The molecule has 11 nitrogen and oxygen atoms in total. The Balaban J connectivity index is 2.08. The fourth-order valence-electron chi connectivity index (χ4n) is 4.00. The Labute approximate surface area is 240 Å². The highest BCUT2D eigenvalue weighted by Crippen LogP contribution is 2.34. The number of carbonyl (C=O) groups excluding carboxylic acids is 2. The molecular weight excluding hydrogens is 582 g/mol. The lowest BCUT2D eigenvalue weighted by Crippen LogP contribution is -2.54. The standard InChI is InChI=1S/C26H29F4N7O4S/c1-15-9-16(11-31)12-32-20(15)19(38)10-17-7-8-18(27)21(34-17)25(5)14-42(40,33-13-26(28,29)30)37(6)22(36-25)35-23(39)41-24(2,3)4/h7-9,12H,10,13-14H2,1-6H3,(H,35,36,39)/t25-,42+/m0/s1. The molecule has 0 saturated heterocycles. The van der Waals surface area contributed by atoms with Gasteiger partial charge in [-0.2, -0.15) is 18.4 Å². The smallest absolute Gasteiger partial charge is 0.414 e. The maximum Gasteiger partial charge on any atom is 0.414 e. The molecule has 1 aliphatic rings. The van der Waals surface area contributed by atoms with Crippen LogP contribution in [0.1, 0.15) is 60.7 Å². The first-order valence-electron chi connectivity index (χ1n) is 12.4. The zero-order valence-corrected chi connectivity index (χ0v) is 24.5. The van der Waals surface area contributed by atoms with Gasteiger partial charge in [-0.1, -0.05) is 0 Å². The predicted molar refractivity (Wildman–Crippen MR) is 144 cm³/mol. The first-order chi connectivity index (χ1) is 19.2. The molecule has 3 rings (SSSR count). The Morgan fingerprint density at radius 2 is 1.95 bits per heavy atom. The van der Waals surface area contributed by atoms with Gasteiger partial charge in [-0.15, -0.1) is 0 Å². The molecule has 1 aliphatic heterocycles. The second-order valence-corrected chi connectivity index (χ2v) is 13.0. The van der Waals surface area contributed by atoms with Crippen LogP contribution in [-0.4, -0.2) is 67.4 Å². The van der Waals surface area contributed by atoms with Crippen LogP contribution in [0.15, 0.2) is 33.8 Å². The number of hydrogen-bond acceptors (Lipinski definition) is 9. The molecule has 0 saturated carbocycles. The number of aromatic nitrogens is 2. The number of alkyl carbamates (subject to hydrolysis) is 1. The summed E-state index contributed by atoms with van der Waals surface area (Å²) in [7, 11) is -2.85. The van der Waals surface area contributed by atoms with E-state index in [2.05, 4.69) is 24.6 Å². The molecular formula is C26H29F4N7O4S. The van der Waals surface area contributed by atoms with Crippen molar-refractivity contribution in [3.8, 4) is 6.07 Å². The average Bonchev–Trinajstić information content (AvgIpc) is 2.85. The summed E-state index contributed by atoms with van der Waals surface area (Å²) in [5.74, 6) is -2.63. The van der Waals surface area contributed by atoms with E-state index in [0.717, 1.165) is 17.4 Å². The third-order valence-corrected chi connectivity index (χ3v) is 8.33. The number of nitriles is 1. The summed E-state index contributed by atoms with van der Waals surface area (Å²) in [6.45, 7) is 5.83. The minimum atomic E-state index is -4.80. The van der Waals surface area contributed by atoms with Crippen molar-refractivity contribution in [1.82, 2.24) is 19.6 Å². The van der Waals surface area contributed by atoms with Crippen LogP contribution in [0, 0.1) is 24.1 Å². The third-order valence-electron chi connectivity index (χ3n) is 5.83. The van der Waals surface area contributed by atoms with Crippen molar-refractivity contribution in [2.24, 2.45) is 9.36 Å². The van der Waals surface area contributed by atoms with Gasteiger partial charge >= 0.3 is 12.3 Å². The van der Waals surface area contributed by atoms with Crippen LogP contribution in [0.3, 0.4) is 0 Å². The van der Waals surface area contributed by atoms with E-state index in [9.17, 15) is 27.0 Å². The molecule has 16 heteroatoms. The van der Waals surface area contributed by atoms with Gasteiger partial charge in [0.2, 0.25) is 5.96 Å². The van der Waals surface area contributed by atoms with Crippen LogP contribution in [0.5, 0.6) is 0 Å². The molecule has 2 aromatic heterocycles. The normalized spacial score (nSPS) is 20.8. The van der Waals surface area contributed by atoms with E-state index in [1.165, 1.54) is 25.3 Å². The molecule has 1 N–H and O–H groups in total. The first kappa shape index (κ1) is 32.4. The zero-order chi connectivity index (χ0) is 31.7. The van der Waals surface area contributed by atoms with E-state index in [1.807, 2.05) is 6.07 Å². The SMILES string of the molecule is Cc1cc(C#N)cnc1C(=O)Cc1ccc(F)c([C@]2(C)C[S@@](=O)(=NCC(F)(F)F)N(C)C(NC(=O)OC(C)(C)C)=N2)n1. The molecule has 0 radical (unpaired) electrons. The number of carbonyl (C=O) groups is 2. The van der Waals surface area contributed by atoms with Crippen molar-refractivity contribution in [1.29, 1.82) is 5.26 Å². The molecule has 0 aliphatic carbocycles. The van der Waals surface area contributed by atoms with Crippen LogP contribution in [0.4, 0.5) is 22.4 Å². The number of rotatable bonds is 5. The monoisotopic (exact) mass is 611 g/mol. The maximum atomic E-state index is 15.3. The van der Waals surface area contributed by atoms with Crippen LogP contribution < -0.4 is 5.32 Å². The van der Waals surface area contributed by atoms with Gasteiger partial charge in [-0.05, 0) is 58.4 Å². The van der Waals surface area contributed by atoms with Crippen molar-refractivity contribution in [3.63, 3.8) is 0 Å². The molecule has 0 bridgehead atoms. The number of Topliss-reactive ketones (excluding diaryl/α,β-unsaturated/α-hetero) is 1. The lowest BCUT2D eigenvalue weighted by Gasteiger charge is -2.38. The largest absolute Gasteiger partial charge is 0.444 e. The van der Waals surface area contributed by atoms with Crippen LogP contribution in [-0.2, 0) is 26.6 Å². The quantitative estimate of drug-likeness (QED) is 0.393. The Kier molecular flexibility index (Phi) is 8.97. The summed E-state index contributed by atoms with van der Waals surface area (Å²) in [5.41, 5.74) is -2.44. The topological polar surface area (TPSA) is 150 Å². The van der Waals surface area contributed by atoms with E-state index >= 15 is 4.39 Å². The second-order valence-electron chi connectivity index (χ2n) is 10.7. The number of nitrogens with one attached hydrogen (secondary N) is 1. The van der Waals surface area contributed by atoms with Crippen LogP contribution >= 0.6 is 0 Å².